The second kappa shape index (κ2) is 5.10. The standard InChI is InChI=1S/C12H11ClIN3/c1-7-10(15)3-5-12(16-7)17-11-4-2-8(14)6-9(11)13/h2-6H,15H2,1H3,(H,16,17). The van der Waals surface area contributed by atoms with Gasteiger partial charge in [-0.3, -0.25) is 0 Å². The summed E-state index contributed by atoms with van der Waals surface area (Å²) in [6.45, 7) is 1.87. The molecule has 3 nitrogen and oxygen atoms in total. The molecular weight excluding hydrogens is 349 g/mol. The van der Waals surface area contributed by atoms with Crippen molar-refractivity contribution in [3.05, 3.63) is 44.6 Å². The van der Waals surface area contributed by atoms with E-state index in [0.717, 1.165) is 20.8 Å². The first-order valence-corrected chi connectivity index (χ1v) is 6.47. The van der Waals surface area contributed by atoms with Crippen LogP contribution >= 0.6 is 34.2 Å². The molecule has 0 aliphatic rings. The van der Waals surface area contributed by atoms with Crippen LogP contribution in [-0.4, -0.2) is 4.98 Å². The van der Waals surface area contributed by atoms with Crippen LogP contribution in [-0.2, 0) is 0 Å². The summed E-state index contributed by atoms with van der Waals surface area (Å²) in [6, 6.07) is 9.47. The zero-order chi connectivity index (χ0) is 12.4. The highest BCUT2D eigenvalue weighted by Crippen LogP contribution is 2.26. The minimum atomic E-state index is 0.674. The predicted molar refractivity (Wildman–Crippen MR) is 80.8 cm³/mol. The number of nitrogens with one attached hydrogen (secondary N) is 1. The average molecular weight is 360 g/mol. The number of aromatic nitrogens is 1. The molecule has 0 atom stereocenters. The number of nitrogens with zero attached hydrogens (tertiary/aromatic N) is 1. The summed E-state index contributed by atoms with van der Waals surface area (Å²) in [5, 5.41) is 3.84. The van der Waals surface area contributed by atoms with E-state index < -0.39 is 0 Å². The fourth-order valence-corrected chi connectivity index (χ4v) is 2.27. The first kappa shape index (κ1) is 12.4. The lowest BCUT2D eigenvalue weighted by atomic mass is 10.3. The number of pyridine rings is 1. The molecule has 1 aromatic heterocycles. The zero-order valence-electron chi connectivity index (χ0n) is 9.17. The van der Waals surface area contributed by atoms with Crippen LogP contribution in [0.15, 0.2) is 30.3 Å². The predicted octanol–water partition coefficient (Wildman–Crippen LogP) is 3.97. The molecule has 3 N–H and O–H groups in total. The van der Waals surface area contributed by atoms with Crippen LogP contribution < -0.4 is 11.1 Å². The molecule has 0 saturated carbocycles. The lowest BCUT2D eigenvalue weighted by Gasteiger charge is -2.09. The summed E-state index contributed by atoms with van der Waals surface area (Å²) in [5.74, 6) is 0.736. The van der Waals surface area contributed by atoms with E-state index in [1.54, 1.807) is 0 Å². The van der Waals surface area contributed by atoms with E-state index in [2.05, 4.69) is 32.9 Å². The Bertz CT molecular complexity index is 557. The SMILES string of the molecule is Cc1nc(Nc2ccc(I)cc2Cl)ccc1N. The van der Waals surface area contributed by atoms with Crippen LogP contribution in [0, 0.1) is 10.5 Å². The molecular formula is C12H11ClIN3. The Labute approximate surface area is 119 Å². The van der Waals surface area contributed by atoms with E-state index in [1.807, 2.05) is 37.3 Å². The molecule has 0 fully saturated rings. The van der Waals surface area contributed by atoms with E-state index in [1.165, 1.54) is 0 Å². The maximum Gasteiger partial charge on any atom is 0.130 e. The normalized spacial score (nSPS) is 10.3. The molecule has 0 unspecified atom stereocenters. The minimum absolute atomic E-state index is 0.674. The van der Waals surface area contributed by atoms with Crippen LogP contribution in [0.25, 0.3) is 0 Å². The summed E-state index contributed by atoms with van der Waals surface area (Å²) >= 11 is 8.35. The fraction of sp³-hybridized carbons (Fsp3) is 0.0833. The second-order valence-electron chi connectivity index (χ2n) is 3.62. The van der Waals surface area contributed by atoms with Gasteiger partial charge in [-0.1, -0.05) is 11.6 Å². The molecule has 2 aromatic rings. The number of hydrogen-bond acceptors (Lipinski definition) is 3. The van der Waals surface area contributed by atoms with Crippen molar-refractivity contribution in [2.75, 3.05) is 11.1 Å². The van der Waals surface area contributed by atoms with Crippen LogP contribution in [0.2, 0.25) is 5.02 Å². The Hall–Kier alpha value is -1.01. The lowest BCUT2D eigenvalue weighted by Crippen LogP contribution is -1.98. The molecule has 2 rings (SSSR count). The van der Waals surface area contributed by atoms with Crippen LogP contribution in [0.1, 0.15) is 5.69 Å². The summed E-state index contributed by atoms with van der Waals surface area (Å²) in [6.07, 6.45) is 0. The van der Waals surface area contributed by atoms with Crippen LogP contribution in [0.5, 0.6) is 0 Å². The summed E-state index contributed by atoms with van der Waals surface area (Å²) < 4.78 is 1.10. The largest absolute Gasteiger partial charge is 0.397 e. The van der Waals surface area contributed by atoms with Crippen molar-refractivity contribution in [2.24, 2.45) is 0 Å². The number of rotatable bonds is 2. The van der Waals surface area contributed by atoms with Crippen molar-refractivity contribution in [3.8, 4) is 0 Å². The van der Waals surface area contributed by atoms with Gasteiger partial charge in [-0.05, 0) is 59.8 Å². The number of nitrogen functional groups attached to an aromatic ring is 1. The third-order valence-electron chi connectivity index (χ3n) is 2.32. The highest BCUT2D eigenvalue weighted by molar-refractivity contribution is 14.1. The molecule has 0 saturated heterocycles. The highest BCUT2D eigenvalue weighted by Gasteiger charge is 2.03. The Balaban J connectivity index is 2.28. The summed E-state index contributed by atoms with van der Waals surface area (Å²) in [7, 11) is 0. The van der Waals surface area contributed by atoms with Crippen molar-refractivity contribution >= 4 is 51.4 Å². The van der Waals surface area contributed by atoms with Crippen LogP contribution in [0.3, 0.4) is 0 Å². The quantitative estimate of drug-likeness (QED) is 0.798. The van der Waals surface area contributed by atoms with Gasteiger partial charge in [-0.25, -0.2) is 4.98 Å². The van der Waals surface area contributed by atoms with Gasteiger partial charge in [0.2, 0.25) is 0 Å². The maximum atomic E-state index is 6.13. The number of aryl methyl sites for hydroxylation is 1. The molecule has 0 radical (unpaired) electrons. The number of halogens is 2. The maximum absolute atomic E-state index is 6.13. The van der Waals surface area contributed by atoms with Gasteiger partial charge in [-0.2, -0.15) is 0 Å². The first-order chi connectivity index (χ1) is 8.06. The topological polar surface area (TPSA) is 50.9 Å². The van der Waals surface area contributed by atoms with Gasteiger partial charge >= 0.3 is 0 Å². The average Bonchev–Trinajstić information content (AvgIpc) is 2.27. The second-order valence-corrected chi connectivity index (χ2v) is 5.27. The Morgan fingerprint density at radius 1 is 1.29 bits per heavy atom. The number of hydrogen-bond donors (Lipinski definition) is 2. The molecule has 5 heteroatoms. The van der Waals surface area contributed by atoms with Crippen molar-refractivity contribution in [3.63, 3.8) is 0 Å². The van der Waals surface area contributed by atoms with E-state index >= 15 is 0 Å². The van der Waals surface area contributed by atoms with Gasteiger partial charge in [0.25, 0.3) is 0 Å². The Morgan fingerprint density at radius 3 is 2.71 bits per heavy atom. The van der Waals surface area contributed by atoms with Crippen molar-refractivity contribution < 1.29 is 0 Å². The lowest BCUT2D eigenvalue weighted by molar-refractivity contribution is 1.20. The number of anilines is 3. The molecule has 0 spiro atoms. The van der Waals surface area contributed by atoms with Gasteiger partial charge in [0.1, 0.15) is 5.82 Å². The molecule has 1 heterocycles. The number of nitrogens with two attached hydrogens (primary N) is 1. The van der Waals surface area contributed by atoms with E-state index in [4.69, 9.17) is 17.3 Å². The third-order valence-corrected chi connectivity index (χ3v) is 3.30. The van der Waals surface area contributed by atoms with Gasteiger partial charge in [0.05, 0.1) is 22.1 Å². The van der Waals surface area contributed by atoms with Crippen molar-refractivity contribution in [2.45, 2.75) is 6.92 Å². The smallest absolute Gasteiger partial charge is 0.130 e. The van der Waals surface area contributed by atoms with Gasteiger partial charge in [0, 0.05) is 3.57 Å². The van der Waals surface area contributed by atoms with Crippen molar-refractivity contribution in [1.82, 2.24) is 4.98 Å². The molecule has 0 aliphatic carbocycles. The van der Waals surface area contributed by atoms with E-state index in [0.29, 0.717) is 10.7 Å². The number of benzene rings is 1. The Kier molecular flexibility index (Phi) is 3.73. The molecule has 0 bridgehead atoms. The van der Waals surface area contributed by atoms with Crippen LogP contribution in [0.4, 0.5) is 17.2 Å². The highest BCUT2D eigenvalue weighted by atomic mass is 127. The van der Waals surface area contributed by atoms with Crippen molar-refractivity contribution in [1.29, 1.82) is 0 Å². The zero-order valence-corrected chi connectivity index (χ0v) is 12.1. The minimum Gasteiger partial charge on any atom is -0.397 e. The fourth-order valence-electron chi connectivity index (χ4n) is 1.37. The monoisotopic (exact) mass is 359 g/mol. The molecule has 1 aromatic carbocycles. The molecule has 0 amide bonds. The van der Waals surface area contributed by atoms with Gasteiger partial charge < -0.3 is 11.1 Å². The van der Waals surface area contributed by atoms with E-state index in [9.17, 15) is 0 Å². The molecule has 17 heavy (non-hydrogen) atoms. The first-order valence-electron chi connectivity index (χ1n) is 5.01. The summed E-state index contributed by atoms with van der Waals surface area (Å²) in [5.41, 5.74) is 8.04. The van der Waals surface area contributed by atoms with E-state index in [-0.39, 0.29) is 0 Å². The summed E-state index contributed by atoms with van der Waals surface area (Å²) in [4.78, 5) is 4.33. The third kappa shape index (κ3) is 3.01. The molecule has 88 valence electrons. The van der Waals surface area contributed by atoms with Gasteiger partial charge in [0.15, 0.2) is 0 Å². The Morgan fingerprint density at radius 2 is 2.06 bits per heavy atom. The van der Waals surface area contributed by atoms with Gasteiger partial charge in [-0.15, -0.1) is 0 Å². The molecule has 0 aliphatic heterocycles.